The number of hydrogen-bond acceptors (Lipinski definition) is 3. The van der Waals surface area contributed by atoms with Gasteiger partial charge in [0.1, 0.15) is 0 Å². The lowest BCUT2D eigenvalue weighted by Gasteiger charge is -2.17. The molecule has 0 aromatic carbocycles. The second kappa shape index (κ2) is 4.35. The molecule has 3 nitrogen and oxygen atoms in total. The number of carbonyl (C=O) groups excluding carboxylic acids is 1. The molecule has 94 valence electrons. The molecular formula is C14H16N2OS. The Bertz CT molecular complexity index is 618. The zero-order chi connectivity index (χ0) is 12.7. The highest BCUT2D eigenvalue weighted by molar-refractivity contribution is 7.17. The molecular weight excluding hydrogens is 244 g/mol. The molecule has 0 bridgehead atoms. The highest BCUT2D eigenvalue weighted by Gasteiger charge is 2.19. The maximum absolute atomic E-state index is 11.5. The van der Waals surface area contributed by atoms with E-state index in [0.717, 1.165) is 31.4 Å². The normalized spacial score (nSPS) is 15.6. The van der Waals surface area contributed by atoms with Crippen LogP contribution in [0.2, 0.25) is 0 Å². The van der Waals surface area contributed by atoms with Gasteiger partial charge in [0.05, 0.1) is 10.2 Å². The molecule has 0 fully saturated rings. The van der Waals surface area contributed by atoms with Gasteiger partial charge in [0.15, 0.2) is 0 Å². The van der Waals surface area contributed by atoms with Crippen molar-refractivity contribution in [1.29, 1.82) is 0 Å². The van der Waals surface area contributed by atoms with Gasteiger partial charge in [-0.3, -0.25) is 9.78 Å². The Morgan fingerprint density at radius 3 is 2.94 bits per heavy atom. The Labute approximate surface area is 110 Å². The van der Waals surface area contributed by atoms with Crippen molar-refractivity contribution in [2.75, 3.05) is 13.1 Å². The van der Waals surface area contributed by atoms with Crippen molar-refractivity contribution in [3.05, 3.63) is 28.3 Å². The van der Waals surface area contributed by atoms with E-state index in [2.05, 4.69) is 18.4 Å². The van der Waals surface area contributed by atoms with Crippen LogP contribution in [0.25, 0.3) is 10.2 Å². The fraction of sp³-hybridized carbons (Fsp3) is 0.429. The van der Waals surface area contributed by atoms with E-state index in [0.29, 0.717) is 0 Å². The molecule has 1 aliphatic rings. The fourth-order valence-corrected chi connectivity index (χ4v) is 3.56. The van der Waals surface area contributed by atoms with Gasteiger partial charge in [0.2, 0.25) is 5.91 Å². The number of hydrogen-bond donors (Lipinski definition) is 0. The van der Waals surface area contributed by atoms with Crippen molar-refractivity contribution in [2.24, 2.45) is 0 Å². The van der Waals surface area contributed by atoms with Gasteiger partial charge in [-0.05, 0) is 35.9 Å². The fourth-order valence-electron chi connectivity index (χ4n) is 2.69. The molecule has 3 heterocycles. The minimum atomic E-state index is 0.169. The molecule has 1 aliphatic heterocycles. The van der Waals surface area contributed by atoms with Crippen molar-refractivity contribution in [1.82, 2.24) is 9.88 Å². The van der Waals surface area contributed by atoms with Gasteiger partial charge >= 0.3 is 0 Å². The largest absolute Gasteiger partial charge is 0.342 e. The second-order valence-electron chi connectivity index (χ2n) is 4.80. The highest BCUT2D eigenvalue weighted by Crippen LogP contribution is 2.29. The van der Waals surface area contributed by atoms with Gasteiger partial charge in [-0.2, -0.15) is 0 Å². The third kappa shape index (κ3) is 1.81. The van der Waals surface area contributed by atoms with Crippen LogP contribution < -0.4 is 0 Å². The van der Waals surface area contributed by atoms with E-state index in [9.17, 15) is 4.79 Å². The van der Waals surface area contributed by atoms with Crippen LogP contribution in [-0.2, 0) is 17.6 Å². The molecule has 0 N–H and O–H groups in total. The van der Waals surface area contributed by atoms with Crippen molar-refractivity contribution < 1.29 is 4.79 Å². The van der Waals surface area contributed by atoms with E-state index < -0.39 is 0 Å². The number of thiophene rings is 1. The molecule has 0 atom stereocenters. The van der Waals surface area contributed by atoms with Crippen LogP contribution in [0.1, 0.15) is 23.7 Å². The van der Waals surface area contributed by atoms with Crippen molar-refractivity contribution in [2.45, 2.75) is 26.7 Å². The quantitative estimate of drug-likeness (QED) is 0.729. The summed E-state index contributed by atoms with van der Waals surface area (Å²) >= 11 is 1.76. The average molecular weight is 260 g/mol. The molecule has 0 aliphatic carbocycles. The molecule has 0 unspecified atom stereocenters. The molecule has 4 heteroatoms. The number of pyridine rings is 1. The van der Waals surface area contributed by atoms with Gasteiger partial charge in [0, 0.05) is 32.1 Å². The first-order valence-corrected chi connectivity index (χ1v) is 7.16. The Kier molecular flexibility index (Phi) is 2.82. The molecule has 0 spiro atoms. The number of nitrogens with zero attached hydrogens (tertiary/aromatic N) is 2. The summed E-state index contributed by atoms with van der Waals surface area (Å²) in [6, 6.07) is 2.08. The number of fused-ring (bicyclic) bond motifs is 2. The van der Waals surface area contributed by atoms with Crippen LogP contribution in [0.3, 0.4) is 0 Å². The predicted octanol–water partition coefficient (Wildman–Crippen LogP) is 2.55. The maximum atomic E-state index is 11.5. The lowest BCUT2D eigenvalue weighted by Crippen LogP contribution is -2.31. The molecule has 0 saturated carbocycles. The molecule has 3 rings (SSSR count). The first-order chi connectivity index (χ1) is 8.66. The number of rotatable bonds is 0. The first kappa shape index (κ1) is 11.7. The summed E-state index contributed by atoms with van der Waals surface area (Å²) in [6.45, 7) is 5.45. The SMILES string of the molecule is CC(=O)N1CCc2nc3ccsc3c(C)c2CC1. The van der Waals surface area contributed by atoms with E-state index in [1.165, 1.54) is 21.5 Å². The van der Waals surface area contributed by atoms with E-state index in [-0.39, 0.29) is 5.91 Å². The molecule has 18 heavy (non-hydrogen) atoms. The van der Waals surface area contributed by atoms with Crippen LogP contribution in [-0.4, -0.2) is 28.9 Å². The van der Waals surface area contributed by atoms with Crippen molar-refractivity contribution in [3.63, 3.8) is 0 Å². The summed E-state index contributed by atoms with van der Waals surface area (Å²) in [5.41, 5.74) is 5.00. The van der Waals surface area contributed by atoms with Crippen molar-refractivity contribution in [3.8, 4) is 0 Å². The summed E-state index contributed by atoms with van der Waals surface area (Å²) < 4.78 is 1.30. The summed E-state index contributed by atoms with van der Waals surface area (Å²) in [5.74, 6) is 0.169. The molecule has 2 aromatic heterocycles. The minimum absolute atomic E-state index is 0.169. The monoisotopic (exact) mass is 260 g/mol. The van der Waals surface area contributed by atoms with Gasteiger partial charge in [-0.1, -0.05) is 0 Å². The standard InChI is InChI=1S/C14H16N2OS/c1-9-11-3-6-16(10(2)17)7-4-12(11)15-13-5-8-18-14(9)13/h5,8H,3-4,6-7H2,1-2H3. The van der Waals surface area contributed by atoms with Gasteiger partial charge in [-0.25, -0.2) is 0 Å². The van der Waals surface area contributed by atoms with Gasteiger partial charge in [0.25, 0.3) is 0 Å². The highest BCUT2D eigenvalue weighted by atomic mass is 32.1. The Morgan fingerprint density at radius 1 is 1.39 bits per heavy atom. The predicted molar refractivity (Wildman–Crippen MR) is 74.0 cm³/mol. The summed E-state index contributed by atoms with van der Waals surface area (Å²) in [6.07, 6.45) is 1.81. The summed E-state index contributed by atoms with van der Waals surface area (Å²) in [5, 5.41) is 2.10. The van der Waals surface area contributed by atoms with E-state index in [1.807, 2.05) is 4.90 Å². The second-order valence-corrected chi connectivity index (χ2v) is 5.72. The molecule has 0 radical (unpaired) electrons. The molecule has 0 saturated heterocycles. The average Bonchev–Trinajstić information content (AvgIpc) is 2.68. The molecule has 1 amide bonds. The first-order valence-electron chi connectivity index (χ1n) is 6.28. The number of amides is 1. The summed E-state index contributed by atoms with van der Waals surface area (Å²) in [4.78, 5) is 18.2. The van der Waals surface area contributed by atoms with Gasteiger partial charge in [-0.15, -0.1) is 11.3 Å². The lowest BCUT2D eigenvalue weighted by molar-refractivity contribution is -0.128. The Hall–Kier alpha value is -1.42. The van der Waals surface area contributed by atoms with E-state index >= 15 is 0 Å². The van der Waals surface area contributed by atoms with Gasteiger partial charge < -0.3 is 4.90 Å². The number of aryl methyl sites for hydroxylation is 1. The number of aromatic nitrogens is 1. The Balaban J connectivity index is 2.06. The van der Waals surface area contributed by atoms with Crippen LogP contribution in [0.4, 0.5) is 0 Å². The van der Waals surface area contributed by atoms with E-state index in [4.69, 9.17) is 4.98 Å². The molecule has 2 aromatic rings. The topological polar surface area (TPSA) is 33.2 Å². The number of carbonyl (C=O) groups is 1. The maximum Gasteiger partial charge on any atom is 0.219 e. The van der Waals surface area contributed by atoms with Crippen molar-refractivity contribution >= 4 is 27.5 Å². The smallest absolute Gasteiger partial charge is 0.219 e. The Morgan fingerprint density at radius 2 is 2.17 bits per heavy atom. The van der Waals surface area contributed by atoms with Crippen LogP contribution in [0.15, 0.2) is 11.4 Å². The van der Waals surface area contributed by atoms with Crippen LogP contribution in [0.5, 0.6) is 0 Å². The third-order valence-corrected chi connectivity index (χ3v) is 4.76. The van der Waals surface area contributed by atoms with Crippen LogP contribution in [0, 0.1) is 6.92 Å². The van der Waals surface area contributed by atoms with Crippen LogP contribution >= 0.6 is 11.3 Å². The van der Waals surface area contributed by atoms with E-state index in [1.54, 1.807) is 18.3 Å². The minimum Gasteiger partial charge on any atom is -0.342 e. The zero-order valence-electron chi connectivity index (χ0n) is 10.7. The third-order valence-electron chi connectivity index (χ3n) is 3.74. The lowest BCUT2D eigenvalue weighted by atomic mass is 10.0. The summed E-state index contributed by atoms with van der Waals surface area (Å²) in [7, 11) is 0. The zero-order valence-corrected chi connectivity index (χ0v) is 11.5.